The normalized spacial score (nSPS) is 15.9. The number of fused-ring (bicyclic) bond motifs is 1. The molecule has 1 aliphatic heterocycles. The molecule has 1 aromatic heterocycles. The van der Waals surface area contributed by atoms with Crippen molar-refractivity contribution in [3.05, 3.63) is 59.1 Å². The molecule has 1 aliphatic rings. The van der Waals surface area contributed by atoms with Crippen LogP contribution >= 0.6 is 11.3 Å². The number of alkyl halides is 3. The zero-order chi connectivity index (χ0) is 20.3. The van der Waals surface area contributed by atoms with Crippen molar-refractivity contribution in [3.8, 4) is 0 Å². The van der Waals surface area contributed by atoms with Crippen LogP contribution in [0.1, 0.15) is 43.2 Å². The van der Waals surface area contributed by atoms with Crippen LogP contribution in [0, 0.1) is 5.92 Å². The minimum atomic E-state index is -4.25. The van der Waals surface area contributed by atoms with Crippen molar-refractivity contribution in [1.29, 1.82) is 0 Å². The highest BCUT2D eigenvalue weighted by atomic mass is 32.1. The number of anilines is 1. The molecule has 4 rings (SSSR count). The van der Waals surface area contributed by atoms with E-state index in [0.717, 1.165) is 49.4 Å². The summed E-state index contributed by atoms with van der Waals surface area (Å²) in [5.41, 5.74) is 4.68. The third-order valence-electron chi connectivity index (χ3n) is 5.90. The molecule has 0 unspecified atom stereocenters. The van der Waals surface area contributed by atoms with E-state index >= 15 is 0 Å². The Balaban J connectivity index is 1.18. The second-order valence-corrected chi connectivity index (χ2v) is 8.76. The van der Waals surface area contributed by atoms with Crippen LogP contribution in [-0.4, -0.2) is 18.1 Å². The summed E-state index contributed by atoms with van der Waals surface area (Å²) in [7, 11) is 0. The van der Waals surface area contributed by atoms with Crippen LogP contribution in [0.15, 0.2) is 48.0 Å². The van der Waals surface area contributed by atoms with Gasteiger partial charge in [0.15, 0.2) is 0 Å². The summed E-state index contributed by atoms with van der Waals surface area (Å²) in [6.45, 7) is 2.18. The van der Waals surface area contributed by atoms with Gasteiger partial charge < -0.3 is 4.90 Å². The van der Waals surface area contributed by atoms with Crippen molar-refractivity contribution in [1.82, 2.24) is 4.98 Å². The summed E-state index contributed by atoms with van der Waals surface area (Å²) in [6.07, 6.45) is 2.40. The fourth-order valence-electron chi connectivity index (χ4n) is 4.14. The van der Waals surface area contributed by atoms with E-state index < -0.39 is 11.7 Å². The van der Waals surface area contributed by atoms with Crippen LogP contribution in [0.4, 0.5) is 18.9 Å². The average Bonchev–Trinajstić information content (AvgIpc) is 3.19. The maximum Gasteiger partial charge on any atom is 0.416 e. The van der Waals surface area contributed by atoms with Gasteiger partial charge in [0.05, 0.1) is 21.3 Å². The molecule has 2 aromatic carbocycles. The van der Waals surface area contributed by atoms with Crippen molar-refractivity contribution >= 4 is 27.2 Å². The fourth-order valence-corrected chi connectivity index (χ4v) is 4.85. The summed E-state index contributed by atoms with van der Waals surface area (Å²) < 4.78 is 39.1. The molecule has 0 spiro atoms. The van der Waals surface area contributed by atoms with E-state index in [0.29, 0.717) is 0 Å². The lowest BCUT2D eigenvalue weighted by Crippen LogP contribution is -2.33. The van der Waals surface area contributed by atoms with Gasteiger partial charge in [-0.1, -0.05) is 25.0 Å². The first kappa shape index (κ1) is 20.2. The summed E-state index contributed by atoms with van der Waals surface area (Å²) in [6, 6.07) is 12.1. The second kappa shape index (κ2) is 8.74. The predicted octanol–water partition coefficient (Wildman–Crippen LogP) is 6.94. The van der Waals surface area contributed by atoms with Crippen molar-refractivity contribution in [3.63, 3.8) is 0 Å². The molecule has 3 aromatic rings. The van der Waals surface area contributed by atoms with Gasteiger partial charge in [0.25, 0.3) is 0 Å². The molecule has 0 aliphatic carbocycles. The first-order valence-corrected chi connectivity index (χ1v) is 11.1. The molecular formula is C23H25F3N2S. The SMILES string of the molecule is FC(F)(F)c1ccc(CCCCC2CCN(c3ccc4ncsc4c3)CC2)cc1. The van der Waals surface area contributed by atoms with Gasteiger partial charge in [-0.25, -0.2) is 4.98 Å². The third kappa shape index (κ3) is 5.10. The van der Waals surface area contributed by atoms with Crippen molar-refractivity contribution in [2.75, 3.05) is 18.0 Å². The lowest BCUT2D eigenvalue weighted by atomic mass is 9.90. The molecule has 2 heterocycles. The molecule has 154 valence electrons. The molecular weight excluding hydrogens is 393 g/mol. The molecule has 0 bridgehead atoms. The molecule has 0 atom stereocenters. The van der Waals surface area contributed by atoms with Gasteiger partial charge in [-0.05, 0) is 67.5 Å². The molecule has 1 saturated heterocycles. The number of benzene rings is 2. The Morgan fingerprint density at radius 1 is 1.00 bits per heavy atom. The molecule has 29 heavy (non-hydrogen) atoms. The Labute approximate surface area is 173 Å². The largest absolute Gasteiger partial charge is 0.416 e. The summed E-state index contributed by atoms with van der Waals surface area (Å²) in [5.74, 6) is 0.756. The van der Waals surface area contributed by atoms with Gasteiger partial charge in [-0.2, -0.15) is 13.2 Å². The fraction of sp³-hybridized carbons (Fsp3) is 0.435. The standard InChI is InChI=1S/C23H25F3N2S/c24-23(25,26)19-7-5-17(6-8-19)3-1-2-4-18-11-13-28(14-12-18)20-9-10-21-22(15-20)29-16-27-21/h5-10,15-16,18H,1-4,11-14H2. The van der Waals surface area contributed by atoms with Gasteiger partial charge in [-0.15, -0.1) is 11.3 Å². The Morgan fingerprint density at radius 3 is 2.48 bits per heavy atom. The quantitative estimate of drug-likeness (QED) is 0.403. The molecule has 0 N–H and O–H groups in total. The van der Waals surface area contributed by atoms with Gasteiger partial charge in [0, 0.05) is 18.8 Å². The van der Waals surface area contributed by atoms with Gasteiger partial charge in [-0.3, -0.25) is 0 Å². The Bertz CT molecular complexity index is 925. The topological polar surface area (TPSA) is 16.1 Å². The van der Waals surface area contributed by atoms with Crippen LogP contribution in [-0.2, 0) is 12.6 Å². The summed E-state index contributed by atoms with van der Waals surface area (Å²) in [5, 5.41) is 0. The van der Waals surface area contributed by atoms with Gasteiger partial charge in [0.1, 0.15) is 0 Å². The van der Waals surface area contributed by atoms with E-state index in [2.05, 4.69) is 28.1 Å². The van der Waals surface area contributed by atoms with Crippen molar-refractivity contribution < 1.29 is 13.2 Å². The predicted molar refractivity (Wildman–Crippen MR) is 114 cm³/mol. The molecule has 2 nitrogen and oxygen atoms in total. The minimum absolute atomic E-state index is 0.567. The number of rotatable bonds is 6. The Hall–Kier alpha value is -2.08. The van der Waals surface area contributed by atoms with Crippen LogP contribution in [0.3, 0.4) is 0 Å². The number of nitrogens with zero attached hydrogens (tertiary/aromatic N) is 2. The number of hydrogen-bond acceptors (Lipinski definition) is 3. The minimum Gasteiger partial charge on any atom is -0.371 e. The summed E-state index contributed by atoms with van der Waals surface area (Å²) >= 11 is 1.69. The van der Waals surface area contributed by atoms with Crippen molar-refractivity contribution in [2.24, 2.45) is 5.92 Å². The van der Waals surface area contributed by atoms with E-state index in [-0.39, 0.29) is 0 Å². The first-order chi connectivity index (χ1) is 14.0. The highest BCUT2D eigenvalue weighted by Gasteiger charge is 2.29. The molecule has 0 radical (unpaired) electrons. The van der Waals surface area contributed by atoms with Gasteiger partial charge >= 0.3 is 6.18 Å². The maximum absolute atomic E-state index is 12.6. The number of unbranched alkanes of at least 4 members (excludes halogenated alkanes) is 1. The monoisotopic (exact) mass is 418 g/mol. The first-order valence-electron chi connectivity index (χ1n) is 10.2. The lowest BCUT2D eigenvalue weighted by molar-refractivity contribution is -0.137. The maximum atomic E-state index is 12.6. The van der Waals surface area contributed by atoms with E-state index in [1.165, 1.54) is 41.8 Å². The van der Waals surface area contributed by atoms with Crippen LogP contribution in [0.5, 0.6) is 0 Å². The number of aromatic nitrogens is 1. The molecule has 6 heteroatoms. The van der Waals surface area contributed by atoms with Crippen LogP contribution in [0.2, 0.25) is 0 Å². The van der Waals surface area contributed by atoms with Crippen LogP contribution in [0.25, 0.3) is 10.2 Å². The second-order valence-electron chi connectivity index (χ2n) is 7.88. The smallest absolute Gasteiger partial charge is 0.371 e. The zero-order valence-corrected chi connectivity index (χ0v) is 17.1. The Kier molecular flexibility index (Phi) is 6.09. The van der Waals surface area contributed by atoms with E-state index in [9.17, 15) is 13.2 Å². The number of piperidine rings is 1. The van der Waals surface area contributed by atoms with Crippen LogP contribution < -0.4 is 4.90 Å². The summed E-state index contributed by atoms with van der Waals surface area (Å²) in [4.78, 5) is 6.82. The number of thiazole rings is 1. The van der Waals surface area contributed by atoms with Gasteiger partial charge in [0.2, 0.25) is 0 Å². The number of halogens is 3. The third-order valence-corrected chi connectivity index (χ3v) is 6.70. The van der Waals surface area contributed by atoms with E-state index in [1.54, 1.807) is 23.5 Å². The molecule has 1 fully saturated rings. The van der Waals surface area contributed by atoms with E-state index in [4.69, 9.17) is 0 Å². The molecule has 0 amide bonds. The number of hydrogen-bond donors (Lipinski definition) is 0. The zero-order valence-electron chi connectivity index (χ0n) is 16.3. The molecule has 0 saturated carbocycles. The highest BCUT2D eigenvalue weighted by Crippen LogP contribution is 2.31. The van der Waals surface area contributed by atoms with Crippen molar-refractivity contribution in [2.45, 2.75) is 44.7 Å². The Morgan fingerprint density at radius 2 is 1.76 bits per heavy atom. The number of aryl methyl sites for hydroxylation is 1. The van der Waals surface area contributed by atoms with E-state index in [1.807, 2.05) is 5.51 Å². The lowest BCUT2D eigenvalue weighted by Gasteiger charge is -2.33. The average molecular weight is 419 g/mol. The highest BCUT2D eigenvalue weighted by molar-refractivity contribution is 7.16.